The van der Waals surface area contributed by atoms with Crippen molar-refractivity contribution in [3.63, 3.8) is 0 Å². The number of nitrogens with one attached hydrogen (secondary N) is 2. The maximum atomic E-state index is 14.6. The highest BCUT2D eigenvalue weighted by Gasteiger charge is 2.37. The first-order valence-electron chi connectivity index (χ1n) is 14.5. The number of likely N-dealkylation sites (tertiary alicyclic amines) is 1. The molecule has 4 N–H and O–H groups in total. The molecular formula is C31H38Cl2FN5O4. The molecule has 9 nitrogen and oxygen atoms in total. The average Bonchev–Trinajstić information content (AvgIpc) is 2.98. The molecule has 0 bridgehead atoms. The Kier molecular flexibility index (Phi) is 10.7. The van der Waals surface area contributed by atoms with Crippen molar-refractivity contribution in [2.24, 2.45) is 11.1 Å². The topological polar surface area (TPSA) is 125 Å². The molecule has 1 fully saturated rings. The van der Waals surface area contributed by atoms with Gasteiger partial charge in [0, 0.05) is 38.9 Å². The molecule has 0 aromatic heterocycles. The van der Waals surface area contributed by atoms with Crippen LogP contribution < -0.4 is 16.4 Å². The summed E-state index contributed by atoms with van der Waals surface area (Å²) in [6.45, 7) is 5.96. The number of carbonyl (C=O) groups excluding carboxylic acids is 4. The molecule has 0 unspecified atom stereocenters. The van der Waals surface area contributed by atoms with Crippen LogP contribution in [-0.4, -0.2) is 65.1 Å². The Labute approximate surface area is 261 Å². The number of benzene rings is 2. The third kappa shape index (κ3) is 8.04. The van der Waals surface area contributed by atoms with Crippen molar-refractivity contribution in [2.75, 3.05) is 25.0 Å². The Balaban J connectivity index is 1.46. The molecular weight excluding hydrogens is 596 g/mol. The lowest BCUT2D eigenvalue weighted by Crippen LogP contribution is -2.56. The van der Waals surface area contributed by atoms with E-state index < -0.39 is 29.7 Å². The Morgan fingerprint density at radius 1 is 1.02 bits per heavy atom. The zero-order chi connectivity index (χ0) is 31.3. The normalized spacial score (nSPS) is 18.4. The number of nitrogens with two attached hydrogens (primary N) is 1. The average molecular weight is 635 g/mol. The lowest BCUT2D eigenvalue weighted by Gasteiger charge is -2.38. The van der Waals surface area contributed by atoms with Gasteiger partial charge in [0.1, 0.15) is 12.1 Å². The third-order valence-corrected chi connectivity index (χ3v) is 9.06. The molecule has 2 aromatic rings. The van der Waals surface area contributed by atoms with Crippen LogP contribution in [0.5, 0.6) is 0 Å². The highest BCUT2D eigenvalue weighted by atomic mass is 35.5. The number of rotatable bonds is 9. The van der Waals surface area contributed by atoms with Gasteiger partial charge in [-0.25, -0.2) is 4.39 Å². The molecule has 43 heavy (non-hydrogen) atoms. The summed E-state index contributed by atoms with van der Waals surface area (Å²) in [5.74, 6) is -2.53. The maximum absolute atomic E-state index is 14.6. The molecule has 4 rings (SSSR count). The Hall–Kier alpha value is -3.21. The van der Waals surface area contributed by atoms with E-state index in [0.717, 1.165) is 24.0 Å². The van der Waals surface area contributed by atoms with E-state index in [1.165, 1.54) is 17.0 Å². The van der Waals surface area contributed by atoms with Crippen LogP contribution in [0.15, 0.2) is 36.4 Å². The first-order valence-corrected chi connectivity index (χ1v) is 15.2. The van der Waals surface area contributed by atoms with Crippen molar-refractivity contribution in [1.29, 1.82) is 0 Å². The van der Waals surface area contributed by atoms with Gasteiger partial charge in [0.05, 0.1) is 15.7 Å². The van der Waals surface area contributed by atoms with Gasteiger partial charge < -0.3 is 26.2 Å². The molecule has 1 saturated heterocycles. The molecule has 4 amide bonds. The minimum atomic E-state index is -1.11. The van der Waals surface area contributed by atoms with Crippen molar-refractivity contribution < 1.29 is 23.6 Å². The van der Waals surface area contributed by atoms with E-state index >= 15 is 0 Å². The fourth-order valence-electron chi connectivity index (χ4n) is 5.44. The van der Waals surface area contributed by atoms with Crippen LogP contribution >= 0.6 is 23.2 Å². The molecule has 2 atom stereocenters. The summed E-state index contributed by atoms with van der Waals surface area (Å²) in [6.07, 6.45) is 2.15. The molecule has 2 aliphatic rings. The van der Waals surface area contributed by atoms with Gasteiger partial charge in [0.2, 0.25) is 23.6 Å². The van der Waals surface area contributed by atoms with Gasteiger partial charge in [-0.2, -0.15) is 0 Å². The number of carbonyl (C=O) groups is 4. The zero-order valence-electron chi connectivity index (χ0n) is 24.4. The molecule has 0 saturated carbocycles. The molecule has 232 valence electrons. The highest BCUT2D eigenvalue weighted by molar-refractivity contribution is 6.42. The number of fused-ring (bicyclic) bond motifs is 1. The highest BCUT2D eigenvalue weighted by Crippen LogP contribution is 2.31. The number of nitrogens with zero attached hydrogens (tertiary/aromatic N) is 2. The number of hydrogen-bond donors (Lipinski definition) is 3. The van der Waals surface area contributed by atoms with Crippen LogP contribution in [0.25, 0.3) is 0 Å². The largest absolute Gasteiger partial charge is 0.343 e. The minimum Gasteiger partial charge on any atom is -0.343 e. The standard InChI is InChI=1S/C31H38Cl2FN5O4/c1-31(2)12-15-38(16-13-31)25(40)9-10-26(41)39-18-20-6-4-3-5-19(20)17-24(39)30(43)37-23(11-14-35)29(42)36-22-8-7-21(32)27(33)28(22)34/h3-8,23-24H,9-18,35H2,1-2H3,(H,36,42)(H,37,43)/t23-,24-/m0/s1. The van der Waals surface area contributed by atoms with Gasteiger partial charge in [0.15, 0.2) is 5.82 Å². The van der Waals surface area contributed by atoms with E-state index in [1.807, 2.05) is 24.3 Å². The fourth-order valence-corrected chi connectivity index (χ4v) is 5.75. The summed E-state index contributed by atoms with van der Waals surface area (Å²) in [5.41, 5.74) is 7.56. The van der Waals surface area contributed by atoms with Crippen LogP contribution in [0.4, 0.5) is 10.1 Å². The second-order valence-electron chi connectivity index (χ2n) is 11.9. The Morgan fingerprint density at radius 3 is 2.35 bits per heavy atom. The van der Waals surface area contributed by atoms with Crippen molar-refractivity contribution in [3.05, 3.63) is 63.4 Å². The number of hydrogen-bond acceptors (Lipinski definition) is 5. The Bertz CT molecular complexity index is 1380. The quantitative estimate of drug-likeness (QED) is 0.355. The van der Waals surface area contributed by atoms with E-state index in [4.69, 9.17) is 28.9 Å². The number of piperidine rings is 1. The van der Waals surface area contributed by atoms with Gasteiger partial charge in [-0.1, -0.05) is 61.3 Å². The van der Waals surface area contributed by atoms with E-state index in [2.05, 4.69) is 24.5 Å². The van der Waals surface area contributed by atoms with Crippen molar-refractivity contribution in [2.45, 2.75) is 71.0 Å². The van der Waals surface area contributed by atoms with Crippen LogP contribution in [0.1, 0.15) is 57.1 Å². The molecule has 0 spiro atoms. The van der Waals surface area contributed by atoms with E-state index in [0.29, 0.717) is 13.1 Å². The Morgan fingerprint density at radius 2 is 1.67 bits per heavy atom. The number of halogens is 3. The second kappa shape index (κ2) is 14.1. The number of anilines is 1. The number of amides is 4. The van der Waals surface area contributed by atoms with Crippen LogP contribution in [-0.2, 0) is 32.1 Å². The summed E-state index contributed by atoms with van der Waals surface area (Å²) in [6, 6.07) is 8.13. The maximum Gasteiger partial charge on any atom is 0.247 e. The van der Waals surface area contributed by atoms with Crippen molar-refractivity contribution >= 4 is 52.5 Å². The van der Waals surface area contributed by atoms with E-state index in [1.54, 1.807) is 4.90 Å². The third-order valence-electron chi connectivity index (χ3n) is 8.28. The van der Waals surface area contributed by atoms with Gasteiger partial charge in [-0.05, 0) is 54.5 Å². The summed E-state index contributed by atoms with van der Waals surface area (Å²) in [4.78, 5) is 56.4. The molecule has 0 radical (unpaired) electrons. The smallest absolute Gasteiger partial charge is 0.247 e. The first kappa shape index (κ1) is 32.7. The lowest BCUT2D eigenvalue weighted by atomic mass is 9.82. The van der Waals surface area contributed by atoms with Gasteiger partial charge in [0.25, 0.3) is 0 Å². The molecule has 2 aromatic carbocycles. The molecule has 2 heterocycles. The predicted molar refractivity (Wildman–Crippen MR) is 164 cm³/mol. The van der Waals surface area contributed by atoms with E-state index in [9.17, 15) is 23.6 Å². The lowest BCUT2D eigenvalue weighted by molar-refractivity contribution is -0.144. The summed E-state index contributed by atoms with van der Waals surface area (Å²) in [5, 5.41) is 4.81. The SMILES string of the molecule is CC1(C)CCN(C(=O)CCC(=O)N2Cc3ccccc3C[C@H]2C(=O)N[C@@H](CCN)C(=O)Nc2ccc(Cl)c(Cl)c2F)CC1. The van der Waals surface area contributed by atoms with Crippen LogP contribution in [0.3, 0.4) is 0 Å². The summed E-state index contributed by atoms with van der Waals surface area (Å²) in [7, 11) is 0. The van der Waals surface area contributed by atoms with E-state index in [-0.39, 0.29) is 71.7 Å². The first-order chi connectivity index (χ1) is 20.4. The van der Waals surface area contributed by atoms with Crippen molar-refractivity contribution in [1.82, 2.24) is 15.1 Å². The van der Waals surface area contributed by atoms with Crippen LogP contribution in [0, 0.1) is 11.2 Å². The minimum absolute atomic E-state index is 0.00658. The van der Waals surface area contributed by atoms with Gasteiger partial charge in [-0.15, -0.1) is 0 Å². The monoisotopic (exact) mass is 633 g/mol. The molecule has 12 heteroatoms. The zero-order valence-corrected chi connectivity index (χ0v) is 25.9. The predicted octanol–water partition coefficient (Wildman–Crippen LogP) is 4.29. The molecule has 0 aliphatic carbocycles. The van der Waals surface area contributed by atoms with Crippen molar-refractivity contribution in [3.8, 4) is 0 Å². The summed E-state index contributed by atoms with van der Waals surface area (Å²) >= 11 is 11.7. The van der Waals surface area contributed by atoms with Crippen LogP contribution in [0.2, 0.25) is 10.0 Å². The fraction of sp³-hybridized carbons (Fsp3) is 0.484. The van der Waals surface area contributed by atoms with Gasteiger partial charge >= 0.3 is 0 Å². The summed E-state index contributed by atoms with van der Waals surface area (Å²) < 4.78 is 14.6. The molecule has 2 aliphatic heterocycles. The van der Waals surface area contributed by atoms with Gasteiger partial charge in [-0.3, -0.25) is 19.2 Å². The second-order valence-corrected chi connectivity index (χ2v) is 12.7.